The molecule has 1 saturated heterocycles. The summed E-state index contributed by atoms with van der Waals surface area (Å²) in [6, 6.07) is 0. The zero-order valence-electron chi connectivity index (χ0n) is 12.1. The summed E-state index contributed by atoms with van der Waals surface area (Å²) >= 11 is 0. The van der Waals surface area contributed by atoms with Gasteiger partial charge in [-0.3, -0.25) is 4.90 Å². The molecule has 0 N–H and O–H groups in total. The first-order chi connectivity index (χ1) is 8.20. The Kier molecular flexibility index (Phi) is 7.14. The Morgan fingerprint density at radius 1 is 1.06 bits per heavy atom. The van der Waals surface area contributed by atoms with Crippen molar-refractivity contribution < 1.29 is 4.74 Å². The maximum atomic E-state index is 5.37. The fraction of sp³-hybridized carbons (Fsp3) is 1.00. The quantitative estimate of drug-likeness (QED) is 0.601. The van der Waals surface area contributed by atoms with Gasteiger partial charge < -0.3 is 4.74 Å². The molecule has 0 aromatic rings. The number of unbranched alkanes of at least 4 members (excludes halogenated alkanes) is 1. The third kappa shape index (κ3) is 5.87. The van der Waals surface area contributed by atoms with Gasteiger partial charge in [0.15, 0.2) is 0 Å². The minimum absolute atomic E-state index is 0.597. The van der Waals surface area contributed by atoms with Crippen LogP contribution in [0.25, 0.3) is 0 Å². The molecule has 0 radical (unpaired) electrons. The van der Waals surface area contributed by atoms with E-state index in [0.717, 1.165) is 26.3 Å². The van der Waals surface area contributed by atoms with Gasteiger partial charge in [-0.15, -0.1) is 0 Å². The van der Waals surface area contributed by atoms with Crippen LogP contribution < -0.4 is 0 Å². The van der Waals surface area contributed by atoms with Gasteiger partial charge >= 0.3 is 0 Å². The molecule has 0 aromatic carbocycles. The molecule has 17 heavy (non-hydrogen) atoms. The van der Waals surface area contributed by atoms with Gasteiger partial charge in [0.25, 0.3) is 0 Å². The summed E-state index contributed by atoms with van der Waals surface area (Å²) in [5.41, 5.74) is 0.597. The van der Waals surface area contributed by atoms with Gasteiger partial charge in [0, 0.05) is 13.1 Å². The van der Waals surface area contributed by atoms with Crippen molar-refractivity contribution in [3.63, 3.8) is 0 Å². The van der Waals surface area contributed by atoms with E-state index in [0.29, 0.717) is 5.41 Å². The molecule has 1 rings (SSSR count). The minimum Gasteiger partial charge on any atom is -0.379 e. The first-order valence-electron chi connectivity index (χ1n) is 7.50. The molecule has 0 spiro atoms. The number of morpholine rings is 1. The van der Waals surface area contributed by atoms with Crippen molar-refractivity contribution in [1.82, 2.24) is 4.90 Å². The zero-order chi connectivity index (χ0) is 12.6. The van der Waals surface area contributed by atoms with Crippen molar-refractivity contribution in [3.8, 4) is 0 Å². The van der Waals surface area contributed by atoms with Gasteiger partial charge in [-0.05, 0) is 31.2 Å². The Morgan fingerprint density at radius 3 is 2.35 bits per heavy atom. The third-order valence-corrected chi connectivity index (χ3v) is 4.32. The third-order valence-electron chi connectivity index (χ3n) is 4.32. The van der Waals surface area contributed by atoms with Crippen LogP contribution in [-0.4, -0.2) is 37.7 Å². The number of hydrogen-bond donors (Lipinski definition) is 0. The lowest BCUT2D eigenvalue weighted by Gasteiger charge is -2.29. The lowest BCUT2D eigenvalue weighted by Crippen LogP contribution is -2.36. The second kappa shape index (κ2) is 8.10. The Bertz CT molecular complexity index is 189. The van der Waals surface area contributed by atoms with E-state index >= 15 is 0 Å². The SMILES string of the molecule is CCCC(C)(CC)CCCCN1CCOCC1. The summed E-state index contributed by atoms with van der Waals surface area (Å²) in [6.45, 7) is 12.5. The van der Waals surface area contributed by atoms with Gasteiger partial charge in [-0.2, -0.15) is 0 Å². The summed E-state index contributed by atoms with van der Waals surface area (Å²) in [6.07, 6.45) is 8.20. The van der Waals surface area contributed by atoms with Gasteiger partial charge in [-0.1, -0.05) is 40.0 Å². The Morgan fingerprint density at radius 2 is 1.76 bits per heavy atom. The van der Waals surface area contributed by atoms with Crippen molar-refractivity contribution in [1.29, 1.82) is 0 Å². The van der Waals surface area contributed by atoms with Crippen LogP contribution in [0, 0.1) is 5.41 Å². The number of nitrogens with zero attached hydrogens (tertiary/aromatic N) is 1. The fourth-order valence-electron chi connectivity index (χ4n) is 2.79. The average molecular weight is 241 g/mol. The second-order valence-corrected chi connectivity index (χ2v) is 5.83. The summed E-state index contributed by atoms with van der Waals surface area (Å²) < 4.78 is 5.37. The summed E-state index contributed by atoms with van der Waals surface area (Å²) in [5, 5.41) is 0. The topological polar surface area (TPSA) is 12.5 Å². The first kappa shape index (κ1) is 15.0. The van der Waals surface area contributed by atoms with E-state index in [9.17, 15) is 0 Å². The molecule has 0 bridgehead atoms. The smallest absolute Gasteiger partial charge is 0.0594 e. The predicted octanol–water partition coefficient (Wildman–Crippen LogP) is 3.71. The summed E-state index contributed by atoms with van der Waals surface area (Å²) in [5.74, 6) is 0. The molecule has 1 aliphatic heterocycles. The highest BCUT2D eigenvalue weighted by molar-refractivity contribution is 4.72. The standard InChI is InChI=1S/C15H31NO/c1-4-8-15(3,5-2)9-6-7-10-16-11-13-17-14-12-16/h4-14H2,1-3H3. The molecule has 0 saturated carbocycles. The van der Waals surface area contributed by atoms with E-state index in [4.69, 9.17) is 4.74 Å². The lowest BCUT2D eigenvalue weighted by molar-refractivity contribution is 0.0367. The molecule has 1 atom stereocenters. The first-order valence-corrected chi connectivity index (χ1v) is 7.50. The van der Waals surface area contributed by atoms with Crippen molar-refractivity contribution in [2.45, 2.75) is 59.3 Å². The fourth-order valence-corrected chi connectivity index (χ4v) is 2.79. The highest BCUT2D eigenvalue weighted by atomic mass is 16.5. The number of ether oxygens (including phenoxy) is 1. The van der Waals surface area contributed by atoms with E-state index in [-0.39, 0.29) is 0 Å². The molecule has 2 nitrogen and oxygen atoms in total. The van der Waals surface area contributed by atoms with E-state index in [1.54, 1.807) is 0 Å². The van der Waals surface area contributed by atoms with Gasteiger partial charge in [0.05, 0.1) is 13.2 Å². The zero-order valence-corrected chi connectivity index (χ0v) is 12.1. The predicted molar refractivity (Wildman–Crippen MR) is 74.4 cm³/mol. The van der Waals surface area contributed by atoms with Crippen molar-refractivity contribution in [2.24, 2.45) is 5.41 Å². The number of rotatable bonds is 8. The molecule has 0 aliphatic carbocycles. The van der Waals surface area contributed by atoms with Crippen LogP contribution in [0.1, 0.15) is 59.3 Å². The summed E-state index contributed by atoms with van der Waals surface area (Å²) in [7, 11) is 0. The minimum atomic E-state index is 0.597. The van der Waals surface area contributed by atoms with E-state index in [1.807, 2.05) is 0 Å². The van der Waals surface area contributed by atoms with Crippen LogP contribution >= 0.6 is 0 Å². The van der Waals surface area contributed by atoms with Crippen LogP contribution in [0.3, 0.4) is 0 Å². The van der Waals surface area contributed by atoms with E-state index in [1.165, 1.54) is 45.1 Å². The second-order valence-electron chi connectivity index (χ2n) is 5.83. The Labute approximate surface area is 108 Å². The molecule has 0 aromatic heterocycles. The van der Waals surface area contributed by atoms with Gasteiger partial charge in [0.2, 0.25) is 0 Å². The van der Waals surface area contributed by atoms with Crippen LogP contribution in [-0.2, 0) is 4.74 Å². The Hall–Kier alpha value is -0.0800. The molecule has 1 heterocycles. The molecular weight excluding hydrogens is 210 g/mol. The molecule has 2 heteroatoms. The van der Waals surface area contributed by atoms with Crippen LogP contribution in [0.4, 0.5) is 0 Å². The molecule has 1 aliphatic rings. The van der Waals surface area contributed by atoms with Crippen molar-refractivity contribution >= 4 is 0 Å². The van der Waals surface area contributed by atoms with E-state index in [2.05, 4.69) is 25.7 Å². The highest BCUT2D eigenvalue weighted by Gasteiger charge is 2.20. The van der Waals surface area contributed by atoms with E-state index < -0.39 is 0 Å². The van der Waals surface area contributed by atoms with Crippen LogP contribution in [0.15, 0.2) is 0 Å². The molecule has 1 fully saturated rings. The van der Waals surface area contributed by atoms with Crippen LogP contribution in [0.5, 0.6) is 0 Å². The molecular formula is C15H31NO. The highest BCUT2D eigenvalue weighted by Crippen LogP contribution is 2.33. The Balaban J connectivity index is 2.09. The number of hydrogen-bond acceptors (Lipinski definition) is 2. The maximum absolute atomic E-state index is 5.37. The van der Waals surface area contributed by atoms with Crippen molar-refractivity contribution in [2.75, 3.05) is 32.8 Å². The largest absolute Gasteiger partial charge is 0.379 e. The van der Waals surface area contributed by atoms with Gasteiger partial charge in [-0.25, -0.2) is 0 Å². The normalized spacial score (nSPS) is 21.4. The van der Waals surface area contributed by atoms with Gasteiger partial charge in [0.1, 0.15) is 0 Å². The molecule has 102 valence electrons. The average Bonchev–Trinajstić information content (AvgIpc) is 2.36. The van der Waals surface area contributed by atoms with Crippen LogP contribution in [0.2, 0.25) is 0 Å². The lowest BCUT2D eigenvalue weighted by atomic mass is 9.78. The molecule has 0 amide bonds. The van der Waals surface area contributed by atoms with Crippen molar-refractivity contribution in [3.05, 3.63) is 0 Å². The molecule has 1 unspecified atom stereocenters. The monoisotopic (exact) mass is 241 g/mol. The maximum Gasteiger partial charge on any atom is 0.0594 e. The summed E-state index contributed by atoms with van der Waals surface area (Å²) in [4.78, 5) is 2.55.